The minimum Gasteiger partial charge on any atom is -0.493 e. The van der Waals surface area contributed by atoms with Crippen LogP contribution < -0.4 is 24.3 Å². The Morgan fingerprint density at radius 3 is 1.72 bits per heavy atom. The molecule has 0 bridgehead atoms. The van der Waals surface area contributed by atoms with Gasteiger partial charge in [-0.05, 0) is 47.4 Å². The largest absolute Gasteiger partial charge is 0.493 e. The molecule has 3 rings (SSSR count). The van der Waals surface area contributed by atoms with Crippen molar-refractivity contribution in [2.45, 2.75) is 31.8 Å². The van der Waals surface area contributed by atoms with Gasteiger partial charge >= 0.3 is 0 Å². The Morgan fingerprint density at radius 1 is 0.656 bits per heavy atom. The molecule has 0 fully saturated rings. The third-order valence-corrected chi connectivity index (χ3v) is 5.81. The minimum atomic E-state index is 0.0538. The molecular weight excluding hydrogens is 402 g/mol. The zero-order valence-corrected chi connectivity index (χ0v) is 19.6. The van der Waals surface area contributed by atoms with Gasteiger partial charge in [-0.25, -0.2) is 0 Å². The molecule has 5 nitrogen and oxygen atoms in total. The summed E-state index contributed by atoms with van der Waals surface area (Å²) in [4.78, 5) is 0. The Morgan fingerprint density at radius 2 is 1.19 bits per heavy atom. The second-order valence-corrected chi connectivity index (χ2v) is 7.59. The molecule has 3 aromatic rings. The molecule has 0 aliphatic carbocycles. The predicted molar refractivity (Wildman–Crippen MR) is 128 cm³/mol. The van der Waals surface area contributed by atoms with Crippen LogP contribution >= 0.6 is 0 Å². The quantitative estimate of drug-likeness (QED) is 0.416. The third-order valence-electron chi connectivity index (χ3n) is 5.81. The Hall–Kier alpha value is -3.18. The van der Waals surface area contributed by atoms with Crippen LogP contribution in [-0.2, 0) is 6.54 Å². The van der Waals surface area contributed by atoms with Gasteiger partial charge < -0.3 is 24.3 Å². The molecule has 0 heterocycles. The first-order chi connectivity index (χ1) is 15.6. The fraction of sp³-hybridized carbons (Fsp3) is 0.333. The second-order valence-electron chi connectivity index (χ2n) is 7.59. The summed E-state index contributed by atoms with van der Waals surface area (Å²) in [5.74, 6) is 3.11. The molecule has 0 saturated heterocycles. The normalized spacial score (nSPS) is 12.7. The zero-order chi connectivity index (χ0) is 22.9. The summed E-state index contributed by atoms with van der Waals surface area (Å²) in [5, 5.41) is 3.79. The first-order valence-corrected chi connectivity index (χ1v) is 10.9. The zero-order valence-electron chi connectivity index (χ0n) is 19.6. The van der Waals surface area contributed by atoms with E-state index in [1.165, 1.54) is 11.1 Å². The minimum absolute atomic E-state index is 0.0538. The molecule has 0 unspecified atom stereocenters. The van der Waals surface area contributed by atoms with Gasteiger partial charge in [-0.1, -0.05) is 49.4 Å². The van der Waals surface area contributed by atoms with E-state index in [-0.39, 0.29) is 12.0 Å². The van der Waals surface area contributed by atoms with Crippen molar-refractivity contribution in [1.82, 2.24) is 5.32 Å². The van der Waals surface area contributed by atoms with Gasteiger partial charge in [-0.15, -0.1) is 0 Å². The second kappa shape index (κ2) is 11.4. The molecular formula is C27H33NO4. The number of methoxy groups -OCH3 is 4. The molecule has 32 heavy (non-hydrogen) atoms. The topological polar surface area (TPSA) is 49.0 Å². The van der Waals surface area contributed by atoms with E-state index in [1.807, 2.05) is 18.2 Å². The maximum atomic E-state index is 5.59. The van der Waals surface area contributed by atoms with Gasteiger partial charge in [-0.2, -0.15) is 0 Å². The van der Waals surface area contributed by atoms with Crippen LogP contribution in [0.25, 0.3) is 0 Å². The van der Waals surface area contributed by atoms with Crippen LogP contribution in [0.15, 0.2) is 66.7 Å². The van der Waals surface area contributed by atoms with Crippen molar-refractivity contribution in [2.75, 3.05) is 28.4 Å². The molecule has 0 aliphatic heterocycles. The van der Waals surface area contributed by atoms with Gasteiger partial charge in [0.05, 0.1) is 28.4 Å². The van der Waals surface area contributed by atoms with E-state index >= 15 is 0 Å². The van der Waals surface area contributed by atoms with E-state index in [0.717, 1.165) is 41.5 Å². The Labute approximate surface area is 191 Å². The highest BCUT2D eigenvalue weighted by molar-refractivity contribution is 5.47. The molecule has 0 spiro atoms. The first-order valence-electron chi connectivity index (χ1n) is 10.9. The fourth-order valence-electron chi connectivity index (χ4n) is 4.11. The van der Waals surface area contributed by atoms with Crippen LogP contribution in [-0.4, -0.2) is 28.4 Å². The molecule has 170 valence electrons. The van der Waals surface area contributed by atoms with Crippen molar-refractivity contribution in [3.05, 3.63) is 83.4 Å². The van der Waals surface area contributed by atoms with Gasteiger partial charge in [0.25, 0.3) is 0 Å². The maximum Gasteiger partial charge on any atom is 0.161 e. The van der Waals surface area contributed by atoms with Crippen molar-refractivity contribution < 1.29 is 18.9 Å². The summed E-state index contributed by atoms with van der Waals surface area (Å²) in [6.07, 6.45) is 0.941. The lowest BCUT2D eigenvalue weighted by molar-refractivity contribution is 0.350. The Balaban J connectivity index is 2.01. The standard InChI is InChI=1S/C27H33NO4/c1-6-22(20-12-14-23(29-2)25(16-20)31-4)27(28-18-19-10-8-7-9-11-19)21-13-15-24(30-3)26(17-21)32-5/h7-17,22,27-28H,6,18H2,1-5H3/t22-,27-/m0/s1. The smallest absolute Gasteiger partial charge is 0.161 e. The molecule has 1 N–H and O–H groups in total. The number of nitrogens with one attached hydrogen (secondary N) is 1. The number of hydrogen-bond donors (Lipinski definition) is 1. The van der Waals surface area contributed by atoms with Crippen LogP contribution in [0.5, 0.6) is 23.0 Å². The lowest BCUT2D eigenvalue weighted by atomic mass is 9.84. The molecule has 5 heteroatoms. The molecule has 0 aromatic heterocycles. The maximum absolute atomic E-state index is 5.59. The summed E-state index contributed by atoms with van der Waals surface area (Å²) in [6.45, 7) is 2.96. The molecule has 2 atom stereocenters. The average Bonchev–Trinajstić information content (AvgIpc) is 2.86. The first kappa shape index (κ1) is 23.5. The summed E-state index contributed by atoms with van der Waals surface area (Å²) < 4.78 is 22.0. The van der Waals surface area contributed by atoms with Gasteiger partial charge in [0, 0.05) is 18.5 Å². The molecule has 3 aromatic carbocycles. The van der Waals surface area contributed by atoms with Gasteiger partial charge in [0.2, 0.25) is 0 Å². The van der Waals surface area contributed by atoms with E-state index in [1.54, 1.807) is 28.4 Å². The van der Waals surface area contributed by atoms with Crippen LogP contribution in [0.2, 0.25) is 0 Å². The highest BCUT2D eigenvalue weighted by Crippen LogP contribution is 2.40. The molecule has 0 aliphatic rings. The third kappa shape index (κ3) is 5.35. The van der Waals surface area contributed by atoms with Crippen molar-refractivity contribution in [3.8, 4) is 23.0 Å². The number of ether oxygens (including phenoxy) is 4. The van der Waals surface area contributed by atoms with E-state index in [4.69, 9.17) is 18.9 Å². The van der Waals surface area contributed by atoms with Crippen molar-refractivity contribution >= 4 is 0 Å². The van der Waals surface area contributed by atoms with Crippen LogP contribution in [0.1, 0.15) is 42.0 Å². The highest BCUT2D eigenvalue weighted by atomic mass is 16.5. The molecule has 0 radical (unpaired) electrons. The van der Waals surface area contributed by atoms with E-state index in [2.05, 4.69) is 60.8 Å². The van der Waals surface area contributed by atoms with Crippen molar-refractivity contribution in [3.63, 3.8) is 0 Å². The monoisotopic (exact) mass is 435 g/mol. The average molecular weight is 436 g/mol. The summed E-state index contributed by atoms with van der Waals surface area (Å²) >= 11 is 0. The van der Waals surface area contributed by atoms with Crippen molar-refractivity contribution in [2.24, 2.45) is 0 Å². The SMILES string of the molecule is CC[C@@H](c1ccc(OC)c(OC)c1)[C@@H](NCc1ccccc1)c1ccc(OC)c(OC)c1. The van der Waals surface area contributed by atoms with Gasteiger partial charge in [0.15, 0.2) is 23.0 Å². The summed E-state index contributed by atoms with van der Waals surface area (Å²) in [6, 6.07) is 22.8. The van der Waals surface area contributed by atoms with Crippen LogP contribution in [0.3, 0.4) is 0 Å². The van der Waals surface area contributed by atoms with Crippen molar-refractivity contribution in [1.29, 1.82) is 0 Å². The fourth-order valence-corrected chi connectivity index (χ4v) is 4.11. The number of benzene rings is 3. The predicted octanol–water partition coefficient (Wildman–Crippen LogP) is 5.75. The summed E-state index contributed by atoms with van der Waals surface area (Å²) in [5.41, 5.74) is 3.56. The van der Waals surface area contributed by atoms with Gasteiger partial charge in [0.1, 0.15) is 0 Å². The highest BCUT2D eigenvalue weighted by Gasteiger charge is 2.25. The molecule has 0 saturated carbocycles. The number of rotatable bonds is 11. The lowest BCUT2D eigenvalue weighted by Crippen LogP contribution is -2.27. The van der Waals surface area contributed by atoms with Gasteiger partial charge in [-0.3, -0.25) is 0 Å². The van der Waals surface area contributed by atoms with E-state index in [9.17, 15) is 0 Å². The molecule has 0 amide bonds. The Kier molecular flexibility index (Phi) is 8.40. The number of hydrogen-bond acceptors (Lipinski definition) is 5. The van der Waals surface area contributed by atoms with Crippen LogP contribution in [0.4, 0.5) is 0 Å². The van der Waals surface area contributed by atoms with E-state index in [0.29, 0.717) is 0 Å². The summed E-state index contributed by atoms with van der Waals surface area (Å²) in [7, 11) is 6.64. The van der Waals surface area contributed by atoms with E-state index < -0.39 is 0 Å². The van der Waals surface area contributed by atoms with Crippen LogP contribution in [0, 0.1) is 0 Å². The lowest BCUT2D eigenvalue weighted by Gasteiger charge is -2.29. The Bertz CT molecular complexity index is 990.